The molecular formula is C43H48BrN3O7. The van der Waals surface area contributed by atoms with Gasteiger partial charge in [-0.15, -0.1) is 13.2 Å². The number of likely N-dealkylation sites (N-methyl/N-ethyl adjacent to an activating group) is 1. The maximum Gasteiger partial charge on any atom is 0.313 e. The van der Waals surface area contributed by atoms with Crippen LogP contribution in [0.25, 0.3) is 0 Å². The molecule has 6 rings (SSSR count). The molecule has 3 fully saturated rings. The second-order valence-corrected chi connectivity index (χ2v) is 15.5. The fourth-order valence-electron chi connectivity index (χ4n) is 8.47. The smallest absolute Gasteiger partial charge is 0.313 e. The quantitative estimate of drug-likeness (QED) is 0.111. The number of benzene rings is 3. The Balaban J connectivity index is 1.40. The third kappa shape index (κ3) is 7.29. The monoisotopic (exact) mass is 797 g/mol. The summed E-state index contributed by atoms with van der Waals surface area (Å²) >= 11 is 3.76. The van der Waals surface area contributed by atoms with Crippen molar-refractivity contribution in [3.63, 3.8) is 0 Å². The van der Waals surface area contributed by atoms with Crippen LogP contribution in [0.4, 0.5) is 0 Å². The minimum absolute atomic E-state index is 0.124. The molecule has 3 aromatic rings. The summed E-state index contributed by atoms with van der Waals surface area (Å²) in [4.78, 5) is 62.3. The number of esters is 1. The van der Waals surface area contributed by atoms with E-state index in [0.29, 0.717) is 17.5 Å². The van der Waals surface area contributed by atoms with Crippen LogP contribution < -0.4 is 0 Å². The minimum Gasteiger partial charge on any atom is -0.455 e. The molecule has 3 heterocycles. The van der Waals surface area contributed by atoms with Crippen LogP contribution in [0.2, 0.25) is 0 Å². The lowest BCUT2D eigenvalue weighted by Crippen LogP contribution is -2.57. The molecule has 284 valence electrons. The van der Waals surface area contributed by atoms with E-state index < -0.39 is 66.3 Å². The van der Waals surface area contributed by atoms with E-state index in [1.165, 1.54) is 4.90 Å². The van der Waals surface area contributed by atoms with Gasteiger partial charge in [-0.25, -0.2) is 0 Å². The maximum absolute atomic E-state index is 15.1. The lowest BCUT2D eigenvalue weighted by Gasteiger charge is -2.39. The van der Waals surface area contributed by atoms with Crippen molar-refractivity contribution in [2.75, 3.05) is 20.2 Å². The summed E-state index contributed by atoms with van der Waals surface area (Å²) < 4.78 is 13.2. The number of nitrogens with zero attached hydrogens (tertiary/aromatic N) is 3. The van der Waals surface area contributed by atoms with Crippen LogP contribution in [0.1, 0.15) is 55.0 Å². The molecule has 3 aliphatic heterocycles. The van der Waals surface area contributed by atoms with Gasteiger partial charge >= 0.3 is 5.97 Å². The molecule has 1 unspecified atom stereocenters. The normalized spacial score (nSPS) is 25.7. The van der Waals surface area contributed by atoms with Crippen LogP contribution in [0.3, 0.4) is 0 Å². The molecule has 0 saturated carbocycles. The zero-order valence-corrected chi connectivity index (χ0v) is 32.3. The molecule has 1 N–H and O–H groups in total. The second kappa shape index (κ2) is 16.8. The van der Waals surface area contributed by atoms with Crippen LogP contribution >= 0.6 is 15.9 Å². The molecule has 2 bridgehead atoms. The highest BCUT2D eigenvalue weighted by Crippen LogP contribution is 2.61. The SMILES string of the molecule is C=CCCC(=O)N(C)[C@@H](C)[C@@H](OC(=O)[C@@H]1[C@H]2O[C@@]3(CC2Br)[C@H](C(=O)N(CC=C)Cc2ccccc2)N([C@H](CO)c2ccccc2)C(=O)[C@@H]13)c1ccccc1. The standard InChI is InChI=1S/C43H48BrN3O7/c1-5-7-23-34(49)45(4)28(3)37(31-21-15-10-16-22-31)53-42(52)35-36-40(50)47(33(27-48)30-19-13-9-14-20-30)39(43(36)25-32(44)38(35)54-43)41(51)46(24-6-2)26-29-17-11-8-12-18-29/h5-6,8-22,28,32-33,35-39,48H,1-2,7,23-27H2,3-4H3/t28-,32?,33+,35-,36+,37+,38-,39-,43+/m0/s1. The number of alkyl halides is 1. The van der Waals surface area contributed by atoms with Crippen molar-refractivity contribution in [2.24, 2.45) is 11.8 Å². The van der Waals surface area contributed by atoms with Crippen LogP contribution in [0, 0.1) is 11.8 Å². The largest absolute Gasteiger partial charge is 0.455 e. The fraction of sp³-hybridized carbons (Fsp3) is 0.395. The summed E-state index contributed by atoms with van der Waals surface area (Å²) in [5, 5.41) is 10.9. The third-order valence-electron chi connectivity index (χ3n) is 11.2. The highest BCUT2D eigenvalue weighted by atomic mass is 79.9. The van der Waals surface area contributed by atoms with Crippen molar-refractivity contribution >= 4 is 39.6 Å². The number of ether oxygens (including phenoxy) is 2. The van der Waals surface area contributed by atoms with Gasteiger partial charge in [-0.2, -0.15) is 0 Å². The van der Waals surface area contributed by atoms with Gasteiger partial charge in [0.2, 0.25) is 17.7 Å². The Morgan fingerprint density at radius 2 is 1.61 bits per heavy atom. The first-order chi connectivity index (χ1) is 26.1. The third-order valence-corrected chi connectivity index (χ3v) is 12.0. The van der Waals surface area contributed by atoms with Crippen LogP contribution in [-0.2, 0) is 35.2 Å². The van der Waals surface area contributed by atoms with Crippen molar-refractivity contribution < 1.29 is 33.8 Å². The molecule has 0 radical (unpaired) electrons. The molecule has 3 aliphatic rings. The number of carbonyl (C=O) groups is 4. The Kier molecular flexibility index (Phi) is 12.2. The van der Waals surface area contributed by atoms with Crippen molar-refractivity contribution in [3.05, 3.63) is 133 Å². The molecule has 54 heavy (non-hydrogen) atoms. The lowest BCUT2D eigenvalue weighted by molar-refractivity contribution is -0.165. The van der Waals surface area contributed by atoms with E-state index in [1.54, 1.807) is 29.0 Å². The Morgan fingerprint density at radius 3 is 2.20 bits per heavy atom. The maximum atomic E-state index is 15.1. The van der Waals surface area contributed by atoms with Crippen molar-refractivity contribution in [1.29, 1.82) is 0 Å². The molecule has 10 nitrogen and oxygen atoms in total. The molecule has 1 spiro atoms. The lowest BCUT2D eigenvalue weighted by atomic mass is 9.70. The number of likely N-dealkylation sites (tertiary alicyclic amines) is 1. The van der Waals surface area contributed by atoms with Gasteiger partial charge in [-0.3, -0.25) is 19.2 Å². The highest BCUT2D eigenvalue weighted by Gasteiger charge is 2.77. The van der Waals surface area contributed by atoms with Gasteiger partial charge < -0.3 is 29.3 Å². The average molecular weight is 799 g/mol. The van der Waals surface area contributed by atoms with Crippen molar-refractivity contribution in [3.8, 4) is 0 Å². The average Bonchev–Trinajstić information content (AvgIpc) is 3.79. The predicted octanol–water partition coefficient (Wildman–Crippen LogP) is 5.78. The summed E-state index contributed by atoms with van der Waals surface area (Å²) in [7, 11) is 1.68. The van der Waals surface area contributed by atoms with Crippen molar-refractivity contribution in [1.82, 2.24) is 14.7 Å². The van der Waals surface area contributed by atoms with E-state index in [0.717, 1.165) is 5.56 Å². The molecule has 0 aromatic heterocycles. The summed E-state index contributed by atoms with van der Waals surface area (Å²) in [5.41, 5.74) is 0.825. The Labute approximate surface area is 325 Å². The highest BCUT2D eigenvalue weighted by molar-refractivity contribution is 9.09. The van der Waals surface area contributed by atoms with E-state index in [2.05, 4.69) is 29.1 Å². The number of aliphatic hydroxyl groups is 1. The molecule has 3 amide bonds. The number of aliphatic hydroxyl groups excluding tert-OH is 1. The van der Waals surface area contributed by atoms with Crippen LogP contribution in [-0.4, -0.2) is 92.3 Å². The number of fused-ring (bicyclic) bond motifs is 1. The van der Waals surface area contributed by atoms with Crippen LogP contribution in [0.5, 0.6) is 0 Å². The van der Waals surface area contributed by atoms with Crippen LogP contribution in [0.15, 0.2) is 116 Å². The molecule has 0 aliphatic carbocycles. The minimum atomic E-state index is -1.40. The van der Waals surface area contributed by atoms with E-state index in [1.807, 2.05) is 97.9 Å². The molecule has 3 aromatic carbocycles. The van der Waals surface area contributed by atoms with Gasteiger partial charge in [-0.05, 0) is 36.5 Å². The number of halogens is 1. The van der Waals surface area contributed by atoms with Gasteiger partial charge in [0.25, 0.3) is 0 Å². The molecule has 3 saturated heterocycles. The molecule has 9 atom stereocenters. The predicted molar refractivity (Wildman–Crippen MR) is 208 cm³/mol. The van der Waals surface area contributed by atoms with Gasteiger partial charge in [0.05, 0.1) is 36.6 Å². The van der Waals surface area contributed by atoms with Gasteiger partial charge in [0, 0.05) is 31.4 Å². The first kappa shape index (κ1) is 39.1. The van der Waals surface area contributed by atoms with Crippen molar-refractivity contribution in [2.45, 2.75) is 73.5 Å². The Hall–Kier alpha value is -4.58. The van der Waals surface area contributed by atoms with E-state index in [9.17, 15) is 14.7 Å². The number of hydrogen-bond acceptors (Lipinski definition) is 7. The Morgan fingerprint density at radius 1 is 1.00 bits per heavy atom. The zero-order valence-electron chi connectivity index (χ0n) is 30.7. The summed E-state index contributed by atoms with van der Waals surface area (Å²) in [6.07, 6.45) is 2.74. The van der Waals surface area contributed by atoms with E-state index in [-0.39, 0.29) is 42.6 Å². The van der Waals surface area contributed by atoms with Gasteiger partial charge in [0.1, 0.15) is 17.7 Å². The van der Waals surface area contributed by atoms with Gasteiger partial charge in [-0.1, -0.05) is 119 Å². The van der Waals surface area contributed by atoms with E-state index in [4.69, 9.17) is 9.47 Å². The number of allylic oxidation sites excluding steroid dienone is 1. The summed E-state index contributed by atoms with van der Waals surface area (Å²) in [5.74, 6) is -3.75. The number of carbonyl (C=O) groups excluding carboxylic acids is 4. The fourth-order valence-corrected chi connectivity index (χ4v) is 9.41. The van der Waals surface area contributed by atoms with Gasteiger partial charge in [0.15, 0.2) is 0 Å². The second-order valence-electron chi connectivity index (χ2n) is 14.4. The number of hydrogen-bond donors (Lipinski definition) is 1. The summed E-state index contributed by atoms with van der Waals surface area (Å²) in [6, 6.07) is 25.2. The van der Waals surface area contributed by atoms with E-state index >= 15 is 9.59 Å². The first-order valence-corrected chi connectivity index (χ1v) is 19.3. The molecular weight excluding hydrogens is 750 g/mol. The molecule has 11 heteroatoms. The Bertz CT molecular complexity index is 1830. The topological polar surface area (TPSA) is 117 Å². The first-order valence-electron chi connectivity index (χ1n) is 18.4. The summed E-state index contributed by atoms with van der Waals surface area (Å²) in [6.45, 7) is 9.45. The number of rotatable bonds is 16. The zero-order chi connectivity index (χ0) is 38.6. The number of amides is 3.